The standard InChI is InChI=1S/C57H34N4S2/c1-3-15-35(16-4-1)37-19-13-20-38(31-37)56-58-55(36-17-5-2-6-18-36)59-57(60-56)40-32-39(42-24-14-25-47-44-22-8-11-27-50(44)62-53(42)47)33-41(34-40)61-49-26-10-7-21-43(49)46-29-30-48-45-23-9-12-28-51(45)63-54(48)52(46)61/h1-34H. The van der Waals surface area contributed by atoms with Crippen molar-refractivity contribution >= 4 is 84.8 Å². The molecule has 63 heavy (non-hydrogen) atoms. The summed E-state index contributed by atoms with van der Waals surface area (Å²) in [6, 6.07) is 73.8. The average molecular weight is 839 g/mol. The minimum Gasteiger partial charge on any atom is -0.308 e. The molecule has 0 amide bonds. The number of thiophene rings is 2. The molecule has 6 heteroatoms. The first-order chi connectivity index (χ1) is 31.2. The molecule has 4 heterocycles. The molecule has 0 saturated carbocycles. The number of aromatic nitrogens is 4. The third-order valence-corrected chi connectivity index (χ3v) is 14.6. The SMILES string of the molecule is c1ccc(-c2cccc(-c3nc(-c4ccccc4)nc(-c4cc(-c5cccc6c5sc5ccccc56)cc(-n5c6ccccc6c6ccc7c8ccccc8sc7c65)c4)n3)c2)cc1. The van der Waals surface area contributed by atoms with Crippen molar-refractivity contribution in [1.29, 1.82) is 0 Å². The van der Waals surface area contributed by atoms with Crippen LogP contribution in [-0.4, -0.2) is 19.5 Å². The first-order valence-corrected chi connectivity index (χ1v) is 22.7. The third-order valence-electron chi connectivity index (χ3n) is 12.2. The fraction of sp³-hybridized carbons (Fsp3) is 0. The van der Waals surface area contributed by atoms with E-state index in [0.717, 1.165) is 44.6 Å². The van der Waals surface area contributed by atoms with Crippen molar-refractivity contribution in [3.8, 4) is 62.1 Å². The van der Waals surface area contributed by atoms with E-state index in [2.05, 4.69) is 187 Å². The van der Waals surface area contributed by atoms with Gasteiger partial charge in [0.05, 0.1) is 15.7 Å². The highest BCUT2D eigenvalue weighted by molar-refractivity contribution is 7.27. The first kappa shape index (κ1) is 35.9. The molecular formula is C57H34N4S2. The van der Waals surface area contributed by atoms with E-state index >= 15 is 0 Å². The minimum absolute atomic E-state index is 0.614. The van der Waals surface area contributed by atoms with Crippen LogP contribution in [0.15, 0.2) is 206 Å². The van der Waals surface area contributed by atoms with Gasteiger partial charge in [-0.25, -0.2) is 15.0 Å². The molecule has 0 radical (unpaired) electrons. The Labute approximate surface area is 370 Å². The fourth-order valence-electron chi connectivity index (χ4n) is 9.32. The third kappa shape index (κ3) is 5.91. The summed E-state index contributed by atoms with van der Waals surface area (Å²) in [5.41, 5.74) is 10.7. The molecule has 294 valence electrons. The summed E-state index contributed by atoms with van der Waals surface area (Å²) in [7, 11) is 0. The van der Waals surface area contributed by atoms with E-state index in [1.807, 2.05) is 46.9 Å². The summed E-state index contributed by atoms with van der Waals surface area (Å²) >= 11 is 3.72. The van der Waals surface area contributed by atoms with E-state index in [1.54, 1.807) is 0 Å². The molecule has 13 aromatic rings. The highest BCUT2D eigenvalue weighted by atomic mass is 32.1. The van der Waals surface area contributed by atoms with Crippen molar-refractivity contribution in [2.45, 2.75) is 0 Å². The van der Waals surface area contributed by atoms with Crippen LogP contribution in [0.5, 0.6) is 0 Å². The van der Waals surface area contributed by atoms with Gasteiger partial charge in [-0.05, 0) is 64.7 Å². The number of benzene rings is 9. The number of hydrogen-bond donors (Lipinski definition) is 0. The molecule has 0 atom stereocenters. The quantitative estimate of drug-likeness (QED) is 0.168. The molecule has 0 saturated heterocycles. The lowest BCUT2D eigenvalue weighted by Crippen LogP contribution is -2.02. The molecule has 0 aliphatic heterocycles. The second-order valence-electron chi connectivity index (χ2n) is 16.0. The van der Waals surface area contributed by atoms with Gasteiger partial charge in [0.15, 0.2) is 17.5 Å². The molecule has 0 fully saturated rings. The maximum absolute atomic E-state index is 5.37. The summed E-state index contributed by atoms with van der Waals surface area (Å²) in [6.07, 6.45) is 0. The average Bonchev–Trinajstić information content (AvgIpc) is 4.04. The van der Waals surface area contributed by atoms with Gasteiger partial charge in [0.25, 0.3) is 0 Å². The van der Waals surface area contributed by atoms with Crippen molar-refractivity contribution in [3.05, 3.63) is 206 Å². The zero-order valence-corrected chi connectivity index (χ0v) is 35.4. The van der Waals surface area contributed by atoms with Gasteiger partial charge in [0, 0.05) is 68.8 Å². The molecule has 13 rings (SSSR count). The Balaban J connectivity index is 1.12. The van der Waals surface area contributed by atoms with E-state index in [1.165, 1.54) is 62.2 Å². The molecule has 4 aromatic heterocycles. The number of rotatable bonds is 6. The summed E-state index contributed by atoms with van der Waals surface area (Å²) < 4.78 is 7.57. The van der Waals surface area contributed by atoms with Crippen LogP contribution in [0.2, 0.25) is 0 Å². The Hall–Kier alpha value is -7.77. The highest BCUT2D eigenvalue weighted by Crippen LogP contribution is 2.45. The van der Waals surface area contributed by atoms with Crippen LogP contribution in [0.4, 0.5) is 0 Å². The van der Waals surface area contributed by atoms with Crippen molar-refractivity contribution in [2.75, 3.05) is 0 Å². The lowest BCUT2D eigenvalue weighted by molar-refractivity contribution is 1.07. The zero-order chi connectivity index (χ0) is 41.4. The van der Waals surface area contributed by atoms with Crippen molar-refractivity contribution in [2.24, 2.45) is 0 Å². The summed E-state index contributed by atoms with van der Waals surface area (Å²) in [6.45, 7) is 0. The molecule has 0 aliphatic carbocycles. The van der Waals surface area contributed by atoms with E-state index < -0.39 is 0 Å². The lowest BCUT2D eigenvalue weighted by atomic mass is 9.99. The maximum Gasteiger partial charge on any atom is 0.164 e. The van der Waals surface area contributed by atoms with Crippen LogP contribution < -0.4 is 0 Å². The van der Waals surface area contributed by atoms with Gasteiger partial charge in [-0.15, -0.1) is 22.7 Å². The molecule has 0 unspecified atom stereocenters. The van der Waals surface area contributed by atoms with Crippen molar-refractivity contribution in [3.63, 3.8) is 0 Å². The second kappa shape index (κ2) is 14.4. The smallest absolute Gasteiger partial charge is 0.164 e. The second-order valence-corrected chi connectivity index (χ2v) is 18.1. The zero-order valence-electron chi connectivity index (χ0n) is 33.7. The molecule has 0 N–H and O–H groups in total. The first-order valence-electron chi connectivity index (χ1n) is 21.1. The van der Waals surface area contributed by atoms with E-state index in [-0.39, 0.29) is 0 Å². The van der Waals surface area contributed by atoms with Crippen LogP contribution in [0.25, 0.3) is 124 Å². The molecule has 4 nitrogen and oxygen atoms in total. The number of para-hydroxylation sites is 1. The molecule has 9 aromatic carbocycles. The number of nitrogens with zero attached hydrogens (tertiary/aromatic N) is 4. The Morgan fingerprint density at radius 1 is 0.317 bits per heavy atom. The van der Waals surface area contributed by atoms with Gasteiger partial charge in [-0.2, -0.15) is 0 Å². The normalized spacial score (nSPS) is 11.8. The van der Waals surface area contributed by atoms with Gasteiger partial charge >= 0.3 is 0 Å². The van der Waals surface area contributed by atoms with Crippen LogP contribution >= 0.6 is 22.7 Å². The monoisotopic (exact) mass is 838 g/mol. The Morgan fingerprint density at radius 2 is 0.825 bits per heavy atom. The van der Waals surface area contributed by atoms with E-state index in [0.29, 0.717) is 17.5 Å². The van der Waals surface area contributed by atoms with Crippen LogP contribution in [0, 0.1) is 0 Å². The summed E-state index contributed by atoms with van der Waals surface area (Å²) in [5, 5.41) is 7.54. The molecule has 0 spiro atoms. The number of hydrogen-bond acceptors (Lipinski definition) is 5. The van der Waals surface area contributed by atoms with Crippen molar-refractivity contribution < 1.29 is 0 Å². The van der Waals surface area contributed by atoms with Gasteiger partial charge < -0.3 is 4.57 Å². The maximum atomic E-state index is 5.37. The van der Waals surface area contributed by atoms with Crippen LogP contribution in [0.1, 0.15) is 0 Å². The minimum atomic E-state index is 0.614. The van der Waals surface area contributed by atoms with E-state index in [4.69, 9.17) is 15.0 Å². The van der Waals surface area contributed by atoms with Crippen molar-refractivity contribution in [1.82, 2.24) is 19.5 Å². The Morgan fingerprint density at radius 3 is 1.59 bits per heavy atom. The summed E-state index contributed by atoms with van der Waals surface area (Å²) in [5.74, 6) is 1.87. The fourth-order valence-corrected chi connectivity index (χ4v) is 11.8. The van der Waals surface area contributed by atoms with Gasteiger partial charge in [0.2, 0.25) is 0 Å². The molecular weight excluding hydrogens is 805 g/mol. The Kier molecular flexibility index (Phi) is 8.22. The highest BCUT2D eigenvalue weighted by Gasteiger charge is 2.21. The van der Waals surface area contributed by atoms with Gasteiger partial charge in [0.1, 0.15) is 0 Å². The van der Waals surface area contributed by atoms with E-state index in [9.17, 15) is 0 Å². The number of fused-ring (bicyclic) bond motifs is 10. The topological polar surface area (TPSA) is 43.6 Å². The predicted molar refractivity (Wildman–Crippen MR) is 267 cm³/mol. The predicted octanol–water partition coefficient (Wildman–Crippen LogP) is 16.0. The van der Waals surface area contributed by atoms with Gasteiger partial charge in [-0.1, -0.05) is 164 Å². The van der Waals surface area contributed by atoms with Crippen LogP contribution in [0.3, 0.4) is 0 Å². The lowest BCUT2D eigenvalue weighted by Gasteiger charge is -2.15. The molecule has 0 aliphatic rings. The largest absolute Gasteiger partial charge is 0.308 e. The Bertz CT molecular complexity index is 3920. The van der Waals surface area contributed by atoms with Gasteiger partial charge in [-0.3, -0.25) is 0 Å². The molecule has 0 bridgehead atoms. The van der Waals surface area contributed by atoms with Crippen LogP contribution in [-0.2, 0) is 0 Å². The summed E-state index contributed by atoms with van der Waals surface area (Å²) in [4.78, 5) is 15.8.